The molecule has 0 unspecified atom stereocenters. The van der Waals surface area contributed by atoms with Gasteiger partial charge in [-0.05, 0) is 24.1 Å². The van der Waals surface area contributed by atoms with Crippen molar-refractivity contribution in [1.82, 2.24) is 19.7 Å². The molecule has 5 rings (SSSR count). The maximum absolute atomic E-state index is 13.9. The van der Waals surface area contributed by atoms with Gasteiger partial charge in [0.1, 0.15) is 11.6 Å². The van der Waals surface area contributed by atoms with Gasteiger partial charge in [0.2, 0.25) is 11.8 Å². The summed E-state index contributed by atoms with van der Waals surface area (Å²) in [5, 5.41) is 15.9. The molecule has 3 aromatic heterocycles. The summed E-state index contributed by atoms with van der Waals surface area (Å²) in [4.78, 5) is 22.7. The lowest BCUT2D eigenvalue weighted by atomic mass is 10.1. The number of aromatic nitrogens is 4. The third-order valence-corrected chi connectivity index (χ3v) is 6.31. The Hall–Kier alpha value is -4.24. The van der Waals surface area contributed by atoms with Gasteiger partial charge in [0.05, 0.1) is 31.0 Å². The van der Waals surface area contributed by atoms with Crippen LogP contribution in [0.1, 0.15) is 48.6 Å². The van der Waals surface area contributed by atoms with E-state index in [1.807, 2.05) is 54.6 Å². The number of aromatic hydroxyl groups is 1. The molecule has 1 N–H and O–H groups in total. The topological polar surface area (TPSA) is 116 Å². The highest BCUT2D eigenvalue weighted by molar-refractivity contribution is 5.79. The third-order valence-electron chi connectivity index (χ3n) is 6.31. The van der Waals surface area contributed by atoms with Gasteiger partial charge in [-0.15, -0.1) is 0 Å². The van der Waals surface area contributed by atoms with Gasteiger partial charge in [-0.25, -0.2) is 4.98 Å². The first-order valence-corrected chi connectivity index (χ1v) is 12.3. The molecule has 0 bridgehead atoms. The number of unbranched alkanes of at least 4 members (excludes halogenated alkanes) is 1. The molecule has 2 aromatic carbocycles. The van der Waals surface area contributed by atoms with E-state index in [1.54, 1.807) is 11.7 Å². The highest BCUT2D eigenvalue weighted by atomic mass is 16.5. The molecule has 37 heavy (non-hydrogen) atoms. The van der Waals surface area contributed by atoms with Gasteiger partial charge in [-0.1, -0.05) is 61.0 Å². The summed E-state index contributed by atoms with van der Waals surface area (Å²) in [7, 11) is 1.59. The lowest BCUT2D eigenvalue weighted by Gasteiger charge is -2.23. The minimum absolute atomic E-state index is 0.00202. The first-order chi connectivity index (χ1) is 18.1. The molecule has 0 aliphatic rings. The smallest absolute Gasteiger partial charge is 0.270 e. The van der Waals surface area contributed by atoms with Crippen LogP contribution in [-0.2, 0) is 17.6 Å². The first-order valence-electron chi connectivity index (χ1n) is 12.3. The zero-order chi connectivity index (χ0) is 25.8. The first kappa shape index (κ1) is 24.5. The molecular formula is C28H28N4O5. The number of hydrogen-bond donors (Lipinski definition) is 1. The number of fused-ring (bicyclic) bond motifs is 1. The number of ether oxygens (including phenoxy) is 1. The Kier molecular flexibility index (Phi) is 7.14. The van der Waals surface area contributed by atoms with Crippen LogP contribution >= 0.6 is 0 Å². The van der Waals surface area contributed by atoms with Gasteiger partial charge in [0.25, 0.3) is 5.56 Å². The average Bonchev–Trinajstić information content (AvgIpc) is 3.54. The lowest BCUT2D eigenvalue weighted by Crippen LogP contribution is -2.33. The van der Waals surface area contributed by atoms with Gasteiger partial charge in [0.15, 0.2) is 11.1 Å². The highest BCUT2D eigenvalue weighted by Gasteiger charge is 2.27. The number of oxazole rings is 1. The SMILES string of the molecule is CCCCc1nc(O)c(-c2ncc(Cc3noc4ccccc34)o2)c(=O)n1[C@@H](COC)c1ccccc1. The summed E-state index contributed by atoms with van der Waals surface area (Å²) in [6, 6.07) is 16.7. The van der Waals surface area contributed by atoms with E-state index in [1.165, 1.54) is 6.20 Å². The van der Waals surface area contributed by atoms with Crippen molar-refractivity contribution >= 4 is 11.0 Å². The van der Waals surface area contributed by atoms with Gasteiger partial charge in [-0.2, -0.15) is 4.98 Å². The van der Waals surface area contributed by atoms with Crippen LogP contribution in [0.5, 0.6) is 5.88 Å². The van der Waals surface area contributed by atoms with Crippen LogP contribution in [0.25, 0.3) is 22.4 Å². The maximum Gasteiger partial charge on any atom is 0.270 e. The van der Waals surface area contributed by atoms with Gasteiger partial charge in [-0.3, -0.25) is 9.36 Å². The number of methoxy groups -OCH3 is 1. The van der Waals surface area contributed by atoms with E-state index in [9.17, 15) is 9.90 Å². The van der Waals surface area contributed by atoms with E-state index in [2.05, 4.69) is 22.0 Å². The van der Waals surface area contributed by atoms with Crippen molar-refractivity contribution in [3.8, 4) is 17.3 Å². The minimum Gasteiger partial charge on any atom is -0.493 e. The molecular weight excluding hydrogens is 472 g/mol. The summed E-state index contributed by atoms with van der Waals surface area (Å²) in [5.74, 6) is 0.556. The van der Waals surface area contributed by atoms with Crippen LogP contribution in [0.15, 0.2) is 74.5 Å². The van der Waals surface area contributed by atoms with E-state index in [0.717, 1.165) is 23.8 Å². The fraction of sp³-hybridized carbons (Fsp3) is 0.286. The van der Waals surface area contributed by atoms with Crippen LogP contribution in [0.2, 0.25) is 0 Å². The molecule has 0 aliphatic heterocycles. The van der Waals surface area contributed by atoms with Crippen LogP contribution < -0.4 is 5.56 Å². The summed E-state index contributed by atoms with van der Waals surface area (Å²) in [6.45, 7) is 2.32. The van der Waals surface area contributed by atoms with Crippen molar-refractivity contribution in [3.05, 3.63) is 94.0 Å². The summed E-state index contributed by atoms with van der Waals surface area (Å²) >= 11 is 0. The van der Waals surface area contributed by atoms with E-state index in [4.69, 9.17) is 13.7 Å². The predicted octanol–water partition coefficient (Wildman–Crippen LogP) is 4.91. The second kappa shape index (κ2) is 10.8. The second-order valence-electron chi connectivity index (χ2n) is 8.82. The molecule has 0 amide bonds. The monoisotopic (exact) mass is 500 g/mol. The Balaban J connectivity index is 1.58. The molecule has 0 fully saturated rings. The van der Waals surface area contributed by atoms with E-state index in [0.29, 0.717) is 35.7 Å². The Morgan fingerprint density at radius 2 is 1.89 bits per heavy atom. The standard InChI is InChI=1S/C28H28N4O5/c1-3-4-14-24-30-26(33)25(28(34)32(24)22(17-35-2)18-10-6-5-7-11-18)27-29-16-19(36-27)15-21-20-12-8-9-13-23(20)37-31-21/h5-13,16,22,33H,3-4,14-15,17H2,1-2H3/t22-/m0/s1. The summed E-state index contributed by atoms with van der Waals surface area (Å²) in [6.07, 6.45) is 4.10. The Bertz CT molecular complexity index is 1550. The van der Waals surface area contributed by atoms with Crippen molar-refractivity contribution in [1.29, 1.82) is 0 Å². The maximum atomic E-state index is 13.9. The van der Waals surface area contributed by atoms with Crippen molar-refractivity contribution < 1.29 is 18.8 Å². The van der Waals surface area contributed by atoms with Crippen molar-refractivity contribution in [2.75, 3.05) is 13.7 Å². The van der Waals surface area contributed by atoms with E-state index in [-0.39, 0.29) is 18.1 Å². The van der Waals surface area contributed by atoms with Gasteiger partial charge < -0.3 is 18.8 Å². The van der Waals surface area contributed by atoms with Crippen LogP contribution in [0, 0.1) is 0 Å². The number of hydrogen-bond acceptors (Lipinski definition) is 8. The number of rotatable bonds is 10. The number of para-hydroxylation sites is 1. The van der Waals surface area contributed by atoms with Gasteiger partial charge >= 0.3 is 0 Å². The summed E-state index contributed by atoms with van der Waals surface area (Å²) in [5.41, 5.74) is 1.74. The minimum atomic E-state index is -0.440. The van der Waals surface area contributed by atoms with Crippen molar-refractivity contribution in [3.63, 3.8) is 0 Å². The normalized spacial score (nSPS) is 12.3. The fourth-order valence-electron chi connectivity index (χ4n) is 4.47. The molecule has 0 saturated carbocycles. The zero-order valence-corrected chi connectivity index (χ0v) is 20.8. The second-order valence-corrected chi connectivity index (χ2v) is 8.82. The Morgan fingerprint density at radius 3 is 2.68 bits per heavy atom. The van der Waals surface area contributed by atoms with E-state index < -0.39 is 17.5 Å². The summed E-state index contributed by atoms with van der Waals surface area (Å²) < 4.78 is 18.4. The number of aryl methyl sites for hydroxylation is 1. The molecule has 0 saturated heterocycles. The third kappa shape index (κ3) is 4.90. The predicted molar refractivity (Wildman–Crippen MR) is 138 cm³/mol. The molecule has 0 radical (unpaired) electrons. The van der Waals surface area contributed by atoms with Crippen molar-refractivity contribution in [2.24, 2.45) is 0 Å². The molecule has 3 heterocycles. The Morgan fingerprint density at radius 1 is 1.11 bits per heavy atom. The largest absolute Gasteiger partial charge is 0.493 e. The number of nitrogens with zero attached hydrogens (tertiary/aromatic N) is 4. The van der Waals surface area contributed by atoms with Crippen LogP contribution in [-0.4, -0.2) is 38.5 Å². The fourth-order valence-corrected chi connectivity index (χ4v) is 4.47. The molecule has 1 atom stereocenters. The molecule has 190 valence electrons. The molecule has 9 nitrogen and oxygen atoms in total. The molecule has 5 aromatic rings. The number of benzene rings is 2. The zero-order valence-electron chi connectivity index (χ0n) is 20.8. The van der Waals surface area contributed by atoms with Crippen LogP contribution in [0.3, 0.4) is 0 Å². The van der Waals surface area contributed by atoms with E-state index >= 15 is 0 Å². The van der Waals surface area contributed by atoms with Crippen LogP contribution in [0.4, 0.5) is 0 Å². The quantitative estimate of drug-likeness (QED) is 0.287. The van der Waals surface area contributed by atoms with Crippen molar-refractivity contribution in [2.45, 2.75) is 38.6 Å². The van der Waals surface area contributed by atoms with Gasteiger partial charge in [0, 0.05) is 18.9 Å². The Labute approximate surface area is 213 Å². The average molecular weight is 501 g/mol. The molecule has 9 heteroatoms. The highest BCUT2D eigenvalue weighted by Crippen LogP contribution is 2.29. The molecule has 0 spiro atoms. The lowest BCUT2D eigenvalue weighted by molar-refractivity contribution is 0.166. The molecule has 0 aliphatic carbocycles.